The number of ether oxygens (including phenoxy) is 1. The van der Waals surface area contributed by atoms with Crippen molar-refractivity contribution in [3.8, 4) is 5.75 Å². The molecule has 0 aliphatic heterocycles. The van der Waals surface area contributed by atoms with Gasteiger partial charge in [0.25, 0.3) is 5.91 Å². The van der Waals surface area contributed by atoms with E-state index in [0.717, 1.165) is 15.7 Å². The summed E-state index contributed by atoms with van der Waals surface area (Å²) in [4.78, 5) is 11.8. The molecule has 2 aromatic rings. The molecule has 23 heavy (non-hydrogen) atoms. The van der Waals surface area contributed by atoms with Gasteiger partial charge in [-0.15, -0.1) is 0 Å². The van der Waals surface area contributed by atoms with Crippen LogP contribution in [0.3, 0.4) is 0 Å². The summed E-state index contributed by atoms with van der Waals surface area (Å²) in [6, 6.07) is 15.0. The molecule has 0 aliphatic rings. The smallest absolute Gasteiger partial charge is 0.276 e. The fraction of sp³-hybridized carbons (Fsp3) is 0.125. The molecule has 0 atom stereocenters. The Kier molecular flexibility index (Phi) is 6.37. The first-order valence-corrected chi connectivity index (χ1v) is 8.04. The molecule has 2 aromatic carbocycles. The molecule has 0 heterocycles. The number of thiocarbonyl (C=S) groups is 1. The number of halogens is 1. The first-order valence-electron chi connectivity index (χ1n) is 6.84. The van der Waals surface area contributed by atoms with Gasteiger partial charge in [-0.2, -0.15) is 0 Å². The Labute approximate surface area is 148 Å². The van der Waals surface area contributed by atoms with Crippen LogP contribution in [-0.4, -0.2) is 17.6 Å². The SMILES string of the molecule is Cc1cc(Br)ccc1OCC(=O)NNC(=S)Nc1ccccc1. The Balaban J connectivity index is 1.73. The molecule has 0 saturated carbocycles. The van der Waals surface area contributed by atoms with Crippen molar-refractivity contribution >= 4 is 44.9 Å². The average molecular weight is 394 g/mol. The van der Waals surface area contributed by atoms with E-state index in [-0.39, 0.29) is 12.5 Å². The molecule has 0 bridgehead atoms. The number of hydrogen-bond acceptors (Lipinski definition) is 3. The second-order valence-electron chi connectivity index (χ2n) is 4.69. The van der Waals surface area contributed by atoms with E-state index in [0.29, 0.717) is 10.9 Å². The van der Waals surface area contributed by atoms with Crippen molar-refractivity contribution in [2.24, 2.45) is 0 Å². The topological polar surface area (TPSA) is 62.4 Å². The number of benzene rings is 2. The van der Waals surface area contributed by atoms with Crippen molar-refractivity contribution in [3.63, 3.8) is 0 Å². The molecule has 3 N–H and O–H groups in total. The Morgan fingerprint density at radius 3 is 2.61 bits per heavy atom. The third-order valence-corrected chi connectivity index (χ3v) is 3.54. The maximum Gasteiger partial charge on any atom is 0.276 e. The van der Waals surface area contributed by atoms with Gasteiger partial charge < -0.3 is 10.1 Å². The van der Waals surface area contributed by atoms with Crippen LogP contribution in [0.1, 0.15) is 5.56 Å². The van der Waals surface area contributed by atoms with E-state index >= 15 is 0 Å². The summed E-state index contributed by atoms with van der Waals surface area (Å²) in [6.45, 7) is 1.80. The van der Waals surface area contributed by atoms with Crippen LogP contribution >= 0.6 is 28.1 Å². The van der Waals surface area contributed by atoms with Crippen molar-refractivity contribution in [3.05, 3.63) is 58.6 Å². The molecule has 5 nitrogen and oxygen atoms in total. The summed E-state index contributed by atoms with van der Waals surface area (Å²) in [6.07, 6.45) is 0. The number of para-hydroxylation sites is 1. The summed E-state index contributed by atoms with van der Waals surface area (Å²) in [5.74, 6) is 0.331. The van der Waals surface area contributed by atoms with E-state index in [9.17, 15) is 4.79 Å². The van der Waals surface area contributed by atoms with Gasteiger partial charge in [-0.05, 0) is 55.0 Å². The van der Waals surface area contributed by atoms with Crippen molar-refractivity contribution in [2.75, 3.05) is 11.9 Å². The number of carbonyl (C=O) groups is 1. The highest BCUT2D eigenvalue weighted by Gasteiger charge is 2.06. The first kappa shape index (κ1) is 17.2. The lowest BCUT2D eigenvalue weighted by molar-refractivity contribution is -0.123. The zero-order valence-electron chi connectivity index (χ0n) is 12.4. The van der Waals surface area contributed by atoms with Crippen LogP contribution in [0.2, 0.25) is 0 Å². The van der Waals surface area contributed by atoms with E-state index in [1.165, 1.54) is 0 Å². The van der Waals surface area contributed by atoms with Gasteiger partial charge in [-0.3, -0.25) is 15.6 Å². The highest BCUT2D eigenvalue weighted by Crippen LogP contribution is 2.21. The van der Waals surface area contributed by atoms with E-state index in [2.05, 4.69) is 32.1 Å². The predicted octanol–water partition coefficient (Wildman–Crippen LogP) is 3.15. The minimum atomic E-state index is -0.329. The van der Waals surface area contributed by atoms with Crippen LogP contribution < -0.4 is 20.9 Å². The maximum atomic E-state index is 11.8. The lowest BCUT2D eigenvalue weighted by Crippen LogP contribution is -2.45. The minimum Gasteiger partial charge on any atom is -0.483 e. The van der Waals surface area contributed by atoms with Crippen LogP contribution in [0, 0.1) is 6.92 Å². The molecule has 0 aromatic heterocycles. The van der Waals surface area contributed by atoms with Crippen molar-refractivity contribution in [2.45, 2.75) is 6.92 Å². The summed E-state index contributed by atoms with van der Waals surface area (Å²) < 4.78 is 6.43. The fourth-order valence-corrected chi connectivity index (χ4v) is 2.41. The van der Waals surface area contributed by atoms with Crippen LogP contribution in [0.15, 0.2) is 53.0 Å². The largest absolute Gasteiger partial charge is 0.483 e. The third kappa shape index (κ3) is 5.88. The Morgan fingerprint density at radius 2 is 1.91 bits per heavy atom. The van der Waals surface area contributed by atoms with Crippen LogP contribution in [-0.2, 0) is 4.79 Å². The number of amides is 1. The van der Waals surface area contributed by atoms with Gasteiger partial charge >= 0.3 is 0 Å². The second-order valence-corrected chi connectivity index (χ2v) is 6.02. The summed E-state index contributed by atoms with van der Waals surface area (Å²) in [5.41, 5.74) is 6.88. The van der Waals surface area contributed by atoms with Gasteiger partial charge in [-0.1, -0.05) is 34.1 Å². The number of hydrogen-bond donors (Lipinski definition) is 3. The van der Waals surface area contributed by atoms with Gasteiger partial charge in [0.1, 0.15) is 5.75 Å². The Hall–Kier alpha value is -2.12. The second kappa shape index (κ2) is 8.50. The summed E-state index contributed by atoms with van der Waals surface area (Å²) >= 11 is 8.46. The van der Waals surface area contributed by atoms with E-state index in [1.807, 2.05) is 55.5 Å². The van der Waals surface area contributed by atoms with Crippen LogP contribution in [0.5, 0.6) is 5.75 Å². The molecular formula is C16H16BrN3O2S. The lowest BCUT2D eigenvalue weighted by atomic mass is 10.2. The van der Waals surface area contributed by atoms with Crippen molar-refractivity contribution < 1.29 is 9.53 Å². The van der Waals surface area contributed by atoms with E-state index < -0.39 is 0 Å². The van der Waals surface area contributed by atoms with Crippen LogP contribution in [0.25, 0.3) is 0 Å². The molecule has 0 radical (unpaired) electrons. The third-order valence-electron chi connectivity index (χ3n) is 2.84. The summed E-state index contributed by atoms with van der Waals surface area (Å²) in [7, 11) is 0. The van der Waals surface area contributed by atoms with E-state index in [1.54, 1.807) is 0 Å². The quantitative estimate of drug-likeness (QED) is 0.550. The molecule has 0 aliphatic carbocycles. The molecule has 1 amide bonds. The number of aryl methyl sites for hydroxylation is 1. The van der Waals surface area contributed by atoms with Crippen LogP contribution in [0.4, 0.5) is 5.69 Å². The molecule has 0 fully saturated rings. The zero-order valence-corrected chi connectivity index (χ0v) is 14.8. The lowest BCUT2D eigenvalue weighted by Gasteiger charge is -2.12. The Bertz CT molecular complexity index is 695. The van der Waals surface area contributed by atoms with Gasteiger partial charge in [0, 0.05) is 10.2 Å². The van der Waals surface area contributed by atoms with Crippen molar-refractivity contribution in [1.82, 2.24) is 10.9 Å². The number of hydrazine groups is 1. The molecule has 0 saturated heterocycles. The standard InChI is InChI=1S/C16H16BrN3O2S/c1-11-9-12(17)7-8-14(11)22-10-15(21)19-20-16(23)18-13-5-3-2-4-6-13/h2-9H,10H2,1H3,(H,19,21)(H2,18,20,23). The molecule has 0 unspecified atom stereocenters. The van der Waals surface area contributed by atoms with Gasteiger partial charge in [0.05, 0.1) is 0 Å². The first-order chi connectivity index (χ1) is 11.0. The number of rotatable bonds is 4. The normalized spacial score (nSPS) is 9.83. The predicted molar refractivity (Wildman–Crippen MR) is 98.3 cm³/mol. The Morgan fingerprint density at radius 1 is 1.17 bits per heavy atom. The highest BCUT2D eigenvalue weighted by molar-refractivity contribution is 9.10. The molecule has 7 heteroatoms. The number of nitrogens with one attached hydrogen (secondary N) is 3. The maximum absolute atomic E-state index is 11.8. The van der Waals surface area contributed by atoms with E-state index in [4.69, 9.17) is 17.0 Å². The highest BCUT2D eigenvalue weighted by atomic mass is 79.9. The summed E-state index contributed by atoms with van der Waals surface area (Å²) in [5, 5.41) is 3.24. The number of carbonyl (C=O) groups excluding carboxylic acids is 1. The molecular weight excluding hydrogens is 378 g/mol. The molecule has 120 valence electrons. The molecule has 2 rings (SSSR count). The fourth-order valence-electron chi connectivity index (χ4n) is 1.76. The van der Waals surface area contributed by atoms with Gasteiger partial charge in [-0.25, -0.2) is 0 Å². The minimum absolute atomic E-state index is 0.108. The van der Waals surface area contributed by atoms with Crippen molar-refractivity contribution in [1.29, 1.82) is 0 Å². The van der Waals surface area contributed by atoms with Gasteiger partial charge in [0.15, 0.2) is 11.7 Å². The monoisotopic (exact) mass is 393 g/mol. The van der Waals surface area contributed by atoms with Gasteiger partial charge in [0.2, 0.25) is 0 Å². The average Bonchev–Trinajstić information content (AvgIpc) is 2.53. The molecule has 0 spiro atoms. The number of anilines is 1. The zero-order chi connectivity index (χ0) is 16.7.